The number of rotatable bonds is 16. The second-order valence-corrected chi connectivity index (χ2v) is 11.9. The molecular weight excluding hydrogens is 464 g/mol. The van der Waals surface area contributed by atoms with Crippen molar-refractivity contribution >= 4 is 16.3 Å². The molecule has 0 radical (unpaired) electrons. The molecule has 0 heterocycles. The lowest BCUT2D eigenvalue weighted by molar-refractivity contribution is -0.133. The van der Waals surface area contributed by atoms with Gasteiger partial charge in [0, 0.05) is 21.1 Å². The van der Waals surface area contributed by atoms with Crippen LogP contribution in [0.5, 0.6) is 5.75 Å². The zero-order valence-electron chi connectivity index (χ0n) is 22.0. The highest BCUT2D eigenvalue weighted by molar-refractivity contribution is 8.30. The van der Waals surface area contributed by atoms with E-state index in [2.05, 4.69) is 43.3 Å². The Kier molecular flexibility index (Phi) is 11.9. The maximum atomic E-state index is 12.9. The third-order valence-electron chi connectivity index (χ3n) is 6.24. The van der Waals surface area contributed by atoms with Crippen molar-refractivity contribution in [2.45, 2.75) is 92.7 Å². The summed E-state index contributed by atoms with van der Waals surface area (Å²) in [5, 5.41) is 0. The fourth-order valence-corrected chi connectivity index (χ4v) is 7.38. The quantitative estimate of drug-likeness (QED) is 0.181. The Balaban J connectivity index is 1.75. The van der Waals surface area contributed by atoms with Gasteiger partial charge in [0.15, 0.2) is 0 Å². The largest absolute Gasteiger partial charge is 0.494 e. The summed E-state index contributed by atoms with van der Waals surface area (Å²) in [6, 6.07) is 28.4. The molecule has 3 aromatic rings. The number of benzene rings is 3. The smallest absolute Gasteiger partial charge is 0.317 e. The van der Waals surface area contributed by atoms with Gasteiger partial charge in [-0.2, -0.15) is 0 Å². The molecule has 0 fully saturated rings. The van der Waals surface area contributed by atoms with Crippen LogP contribution in [0.3, 0.4) is 0 Å². The SMILES string of the molecule is CCCCCCCCCCOc1ccc(S(OC(=O)CCC)(c2ccccc2)c2ccccc2)cc1. The second-order valence-electron chi connectivity index (χ2n) is 9.18. The summed E-state index contributed by atoms with van der Waals surface area (Å²) in [5.74, 6) is 0.686. The summed E-state index contributed by atoms with van der Waals surface area (Å²) in [6.07, 6.45) is 11.4. The van der Waals surface area contributed by atoms with Gasteiger partial charge in [0.05, 0.1) is 6.61 Å². The maximum Gasteiger partial charge on any atom is 0.317 e. The first-order valence-corrected chi connectivity index (χ1v) is 15.1. The lowest BCUT2D eigenvalue weighted by Gasteiger charge is -2.39. The minimum Gasteiger partial charge on any atom is -0.494 e. The van der Waals surface area contributed by atoms with Gasteiger partial charge < -0.3 is 8.92 Å². The van der Waals surface area contributed by atoms with Crippen molar-refractivity contribution in [3.63, 3.8) is 0 Å². The Morgan fingerprint density at radius 1 is 0.611 bits per heavy atom. The van der Waals surface area contributed by atoms with Crippen molar-refractivity contribution in [1.29, 1.82) is 0 Å². The molecule has 36 heavy (non-hydrogen) atoms. The number of ether oxygens (including phenoxy) is 1. The standard InChI is InChI=1S/C32H42O3S/c1-3-5-6-7-8-9-10-17-27-34-28-23-25-31(26-24-28)36(35-32(33)18-4-2,29-19-13-11-14-20-29)30-21-15-12-16-22-30/h11-16,19-26H,3-10,17-18,27H2,1-2H3. The average molecular weight is 507 g/mol. The van der Waals surface area contributed by atoms with Gasteiger partial charge in [-0.25, -0.2) is 0 Å². The summed E-state index contributed by atoms with van der Waals surface area (Å²) >= 11 is 0. The van der Waals surface area contributed by atoms with Gasteiger partial charge in [0.25, 0.3) is 0 Å². The highest BCUT2D eigenvalue weighted by Crippen LogP contribution is 2.69. The lowest BCUT2D eigenvalue weighted by atomic mass is 10.1. The van der Waals surface area contributed by atoms with Crippen LogP contribution in [0.15, 0.2) is 99.6 Å². The number of unbranched alkanes of at least 4 members (excludes halogenated alkanes) is 7. The molecule has 3 nitrogen and oxygen atoms in total. The molecule has 0 aliphatic carbocycles. The molecule has 3 rings (SSSR count). The summed E-state index contributed by atoms with van der Waals surface area (Å²) < 4.78 is 12.5. The molecule has 0 amide bonds. The van der Waals surface area contributed by atoms with Gasteiger partial charge in [0.1, 0.15) is 5.75 Å². The Bertz CT molecular complexity index is 963. The summed E-state index contributed by atoms with van der Waals surface area (Å²) in [7, 11) is -2.22. The van der Waals surface area contributed by atoms with Gasteiger partial charge in [-0.15, -0.1) is 0 Å². The van der Waals surface area contributed by atoms with E-state index in [1.54, 1.807) is 0 Å². The van der Waals surface area contributed by atoms with Gasteiger partial charge in [-0.1, -0.05) is 95.2 Å². The van der Waals surface area contributed by atoms with Crippen LogP contribution in [0.1, 0.15) is 78.1 Å². The van der Waals surface area contributed by atoms with Crippen molar-refractivity contribution in [2.75, 3.05) is 6.61 Å². The Labute approximate surface area is 219 Å². The summed E-state index contributed by atoms with van der Waals surface area (Å²) in [4.78, 5) is 15.9. The van der Waals surface area contributed by atoms with Crippen LogP contribution in [-0.4, -0.2) is 12.6 Å². The first-order valence-electron chi connectivity index (χ1n) is 13.6. The van der Waals surface area contributed by atoms with Crippen LogP contribution in [-0.2, 0) is 8.98 Å². The molecule has 0 saturated carbocycles. The van der Waals surface area contributed by atoms with Crippen LogP contribution in [0.25, 0.3) is 0 Å². The maximum absolute atomic E-state index is 12.9. The molecule has 0 saturated heterocycles. The molecule has 0 bridgehead atoms. The molecular formula is C32H42O3S. The predicted molar refractivity (Wildman–Crippen MR) is 151 cm³/mol. The van der Waals surface area contributed by atoms with Gasteiger partial charge in [-0.3, -0.25) is 4.79 Å². The van der Waals surface area contributed by atoms with E-state index in [0.717, 1.165) is 39.9 Å². The molecule has 0 aromatic heterocycles. The minimum absolute atomic E-state index is 0.171. The van der Waals surface area contributed by atoms with E-state index in [9.17, 15) is 4.79 Å². The minimum atomic E-state index is -2.22. The number of carbonyl (C=O) groups excluding carboxylic acids is 1. The topological polar surface area (TPSA) is 35.5 Å². The highest BCUT2D eigenvalue weighted by atomic mass is 32.3. The molecule has 0 spiro atoms. The fraction of sp³-hybridized carbons (Fsp3) is 0.406. The Morgan fingerprint density at radius 2 is 1.11 bits per heavy atom. The van der Waals surface area contributed by atoms with Crippen LogP contribution in [0, 0.1) is 0 Å². The van der Waals surface area contributed by atoms with E-state index < -0.39 is 10.3 Å². The first-order chi connectivity index (χ1) is 17.7. The number of hydrogen-bond donors (Lipinski definition) is 0. The summed E-state index contributed by atoms with van der Waals surface area (Å²) in [5.41, 5.74) is 0. The van der Waals surface area contributed by atoms with Crippen LogP contribution < -0.4 is 4.74 Å². The number of hydrogen-bond acceptors (Lipinski definition) is 3. The van der Waals surface area contributed by atoms with Crippen molar-refractivity contribution in [2.24, 2.45) is 0 Å². The second kappa shape index (κ2) is 15.4. The predicted octanol–water partition coefficient (Wildman–Crippen LogP) is 9.75. The molecule has 0 aliphatic heterocycles. The third-order valence-corrected chi connectivity index (χ3v) is 9.49. The summed E-state index contributed by atoms with van der Waals surface area (Å²) in [6.45, 7) is 4.99. The van der Waals surface area contributed by atoms with Gasteiger partial charge >= 0.3 is 5.97 Å². The monoisotopic (exact) mass is 506 g/mol. The van der Waals surface area contributed by atoms with Gasteiger partial charge in [-0.05, 0) is 71.7 Å². The van der Waals surface area contributed by atoms with E-state index in [1.807, 2.05) is 55.5 Å². The van der Waals surface area contributed by atoms with Crippen molar-refractivity contribution in [3.05, 3.63) is 84.9 Å². The highest BCUT2D eigenvalue weighted by Gasteiger charge is 2.35. The van der Waals surface area contributed by atoms with E-state index in [0.29, 0.717) is 6.42 Å². The Morgan fingerprint density at radius 3 is 1.64 bits per heavy atom. The Hall–Kier alpha value is -2.72. The van der Waals surface area contributed by atoms with Crippen LogP contribution in [0.2, 0.25) is 0 Å². The van der Waals surface area contributed by atoms with Crippen LogP contribution in [0.4, 0.5) is 0 Å². The van der Waals surface area contributed by atoms with E-state index in [-0.39, 0.29) is 5.97 Å². The number of carbonyl (C=O) groups is 1. The molecule has 0 unspecified atom stereocenters. The van der Waals surface area contributed by atoms with Crippen LogP contribution >= 0.6 is 10.3 Å². The molecule has 194 valence electrons. The molecule has 0 atom stereocenters. The molecule has 0 N–H and O–H groups in total. The average Bonchev–Trinajstić information content (AvgIpc) is 2.92. The first kappa shape index (κ1) is 27.9. The van der Waals surface area contributed by atoms with E-state index in [4.69, 9.17) is 8.92 Å². The normalized spacial score (nSPS) is 11.7. The van der Waals surface area contributed by atoms with Gasteiger partial charge in [0.2, 0.25) is 0 Å². The van der Waals surface area contributed by atoms with E-state index in [1.165, 1.54) is 44.9 Å². The zero-order chi connectivity index (χ0) is 25.5. The fourth-order valence-electron chi connectivity index (χ4n) is 4.32. The molecule has 0 aliphatic rings. The van der Waals surface area contributed by atoms with Crippen molar-refractivity contribution in [1.82, 2.24) is 0 Å². The van der Waals surface area contributed by atoms with E-state index >= 15 is 0 Å². The molecule has 3 aromatic carbocycles. The van der Waals surface area contributed by atoms with Crippen molar-refractivity contribution in [3.8, 4) is 5.75 Å². The molecule has 4 heteroatoms. The zero-order valence-corrected chi connectivity index (χ0v) is 22.8. The third kappa shape index (κ3) is 7.89. The lowest BCUT2D eigenvalue weighted by Crippen LogP contribution is -2.13. The van der Waals surface area contributed by atoms with Crippen molar-refractivity contribution < 1.29 is 13.7 Å².